The van der Waals surface area contributed by atoms with Crippen molar-refractivity contribution in [3.05, 3.63) is 54.1 Å². The van der Waals surface area contributed by atoms with E-state index in [1.165, 1.54) is 11.1 Å². The fourth-order valence-electron chi connectivity index (χ4n) is 1.83. The fourth-order valence-corrected chi connectivity index (χ4v) is 1.83. The Morgan fingerprint density at radius 1 is 1.29 bits per heavy atom. The molecule has 0 saturated heterocycles. The number of aryl methyl sites for hydroxylation is 1. The highest BCUT2D eigenvalue weighted by Gasteiger charge is 2.04. The Labute approximate surface area is 103 Å². The van der Waals surface area contributed by atoms with Crippen LogP contribution in [0.25, 0.3) is 0 Å². The molecule has 0 aliphatic heterocycles. The molecule has 2 aromatic rings. The molecule has 2 aromatic heterocycles. The molecule has 17 heavy (non-hydrogen) atoms. The molecular weight excluding hydrogens is 210 g/mol. The third kappa shape index (κ3) is 3.17. The molecule has 1 N–H and O–H groups in total. The lowest BCUT2D eigenvalue weighted by atomic mass is 10.1. The molecule has 0 saturated carbocycles. The second kappa shape index (κ2) is 5.64. The molecule has 0 fully saturated rings. The van der Waals surface area contributed by atoms with Crippen molar-refractivity contribution >= 4 is 0 Å². The van der Waals surface area contributed by atoms with Gasteiger partial charge in [0.2, 0.25) is 0 Å². The van der Waals surface area contributed by atoms with Crippen molar-refractivity contribution in [3.8, 4) is 0 Å². The Morgan fingerprint density at radius 3 is 2.71 bits per heavy atom. The van der Waals surface area contributed by atoms with Gasteiger partial charge in [-0.1, -0.05) is 0 Å². The molecule has 0 aliphatic carbocycles. The van der Waals surface area contributed by atoms with Gasteiger partial charge in [-0.25, -0.2) is 0 Å². The number of nitrogens with zero attached hydrogens (tertiary/aromatic N) is 2. The molecule has 3 nitrogen and oxygen atoms in total. The van der Waals surface area contributed by atoms with E-state index in [9.17, 15) is 0 Å². The second-order valence-electron chi connectivity index (χ2n) is 4.23. The maximum absolute atomic E-state index is 4.03. The predicted octanol–water partition coefficient (Wildman–Crippen LogP) is 2.75. The lowest BCUT2D eigenvalue weighted by Gasteiger charge is -2.13. The summed E-state index contributed by atoms with van der Waals surface area (Å²) in [7, 11) is 0. The van der Waals surface area contributed by atoms with Gasteiger partial charge in [0.15, 0.2) is 0 Å². The zero-order valence-corrected chi connectivity index (χ0v) is 10.4. The van der Waals surface area contributed by atoms with Crippen LogP contribution in [0.15, 0.2) is 43.0 Å². The summed E-state index contributed by atoms with van der Waals surface area (Å²) in [6.07, 6.45) is 7.97. The van der Waals surface area contributed by atoms with Gasteiger partial charge in [0.1, 0.15) is 0 Å². The second-order valence-corrected chi connectivity index (χ2v) is 4.23. The van der Waals surface area contributed by atoms with Gasteiger partial charge in [-0.15, -0.1) is 0 Å². The summed E-state index contributed by atoms with van der Waals surface area (Å²) in [5, 5.41) is 3.51. The highest BCUT2D eigenvalue weighted by Crippen LogP contribution is 2.11. The van der Waals surface area contributed by atoms with Crippen LogP contribution in [-0.4, -0.2) is 9.55 Å². The van der Waals surface area contributed by atoms with Crippen LogP contribution in [0.2, 0.25) is 0 Å². The van der Waals surface area contributed by atoms with E-state index in [0.717, 1.165) is 13.1 Å². The van der Waals surface area contributed by atoms with Gasteiger partial charge in [0, 0.05) is 43.9 Å². The number of hydrogen-bond donors (Lipinski definition) is 1. The van der Waals surface area contributed by atoms with Crippen molar-refractivity contribution in [2.24, 2.45) is 0 Å². The molecule has 0 bridgehead atoms. The first-order chi connectivity index (χ1) is 8.29. The molecule has 2 heterocycles. The maximum atomic E-state index is 4.03. The predicted molar refractivity (Wildman–Crippen MR) is 69.6 cm³/mol. The minimum absolute atomic E-state index is 0.350. The summed E-state index contributed by atoms with van der Waals surface area (Å²) in [6, 6.07) is 6.61. The topological polar surface area (TPSA) is 29.9 Å². The first-order valence-corrected chi connectivity index (χ1v) is 6.07. The Hall–Kier alpha value is -1.61. The number of aromatic nitrogens is 2. The van der Waals surface area contributed by atoms with E-state index in [-0.39, 0.29) is 0 Å². The van der Waals surface area contributed by atoms with E-state index in [4.69, 9.17) is 0 Å². The van der Waals surface area contributed by atoms with Crippen LogP contribution < -0.4 is 5.32 Å². The molecular formula is C14H19N3. The first-order valence-electron chi connectivity index (χ1n) is 6.07. The number of pyridine rings is 1. The zero-order valence-electron chi connectivity index (χ0n) is 10.4. The fraction of sp³-hybridized carbons (Fsp3) is 0.357. The summed E-state index contributed by atoms with van der Waals surface area (Å²) in [5.41, 5.74) is 2.60. The molecule has 90 valence electrons. The third-order valence-electron chi connectivity index (χ3n) is 3.00. The van der Waals surface area contributed by atoms with Crippen LogP contribution in [0.1, 0.15) is 31.0 Å². The molecule has 3 heteroatoms. The van der Waals surface area contributed by atoms with Gasteiger partial charge in [0.05, 0.1) is 0 Å². The molecule has 0 aliphatic rings. The summed E-state index contributed by atoms with van der Waals surface area (Å²) in [4.78, 5) is 4.03. The monoisotopic (exact) mass is 229 g/mol. The Bertz CT molecular complexity index is 448. The van der Waals surface area contributed by atoms with Crippen molar-refractivity contribution in [1.82, 2.24) is 14.9 Å². The lowest BCUT2D eigenvalue weighted by Crippen LogP contribution is -2.17. The Balaban J connectivity index is 1.90. The molecule has 0 unspecified atom stereocenters. The number of hydrogen-bond acceptors (Lipinski definition) is 2. The lowest BCUT2D eigenvalue weighted by molar-refractivity contribution is 0.573. The smallest absolute Gasteiger partial charge is 0.0296 e. The molecule has 0 amide bonds. The normalized spacial score (nSPS) is 12.6. The summed E-state index contributed by atoms with van der Waals surface area (Å²) in [6.45, 7) is 6.25. The summed E-state index contributed by atoms with van der Waals surface area (Å²) in [5.74, 6) is 0. The van der Waals surface area contributed by atoms with Crippen molar-refractivity contribution in [1.29, 1.82) is 0 Å². The standard InChI is InChI=1S/C14H19N3/c1-3-17-9-6-13(11-17)10-16-12(2)14-4-7-15-8-5-14/h4-9,11-12,16H,3,10H2,1-2H3/t12-/m1/s1. The molecule has 0 radical (unpaired) electrons. The Morgan fingerprint density at radius 2 is 2.06 bits per heavy atom. The largest absolute Gasteiger partial charge is 0.354 e. The minimum atomic E-state index is 0.350. The highest BCUT2D eigenvalue weighted by molar-refractivity contribution is 5.15. The number of rotatable bonds is 5. The zero-order chi connectivity index (χ0) is 12.1. The van der Waals surface area contributed by atoms with Gasteiger partial charge in [-0.2, -0.15) is 0 Å². The van der Waals surface area contributed by atoms with Crippen molar-refractivity contribution in [2.45, 2.75) is 33.0 Å². The first kappa shape index (κ1) is 11.9. The molecule has 0 spiro atoms. The summed E-state index contributed by atoms with van der Waals surface area (Å²) < 4.78 is 2.19. The van der Waals surface area contributed by atoms with Crippen LogP contribution in [0.4, 0.5) is 0 Å². The van der Waals surface area contributed by atoms with E-state index in [1.54, 1.807) is 0 Å². The Kier molecular flexibility index (Phi) is 3.94. The van der Waals surface area contributed by atoms with Crippen LogP contribution in [0.5, 0.6) is 0 Å². The molecule has 2 rings (SSSR count). The van der Waals surface area contributed by atoms with Crippen molar-refractivity contribution in [3.63, 3.8) is 0 Å². The average molecular weight is 229 g/mol. The molecule has 0 aromatic carbocycles. The van der Waals surface area contributed by atoms with E-state index in [1.807, 2.05) is 12.4 Å². The third-order valence-corrected chi connectivity index (χ3v) is 3.00. The van der Waals surface area contributed by atoms with Gasteiger partial charge in [0.25, 0.3) is 0 Å². The quantitative estimate of drug-likeness (QED) is 0.854. The van der Waals surface area contributed by atoms with Gasteiger partial charge in [-0.05, 0) is 43.2 Å². The van der Waals surface area contributed by atoms with Gasteiger partial charge < -0.3 is 9.88 Å². The summed E-state index contributed by atoms with van der Waals surface area (Å²) >= 11 is 0. The van der Waals surface area contributed by atoms with Crippen LogP contribution in [-0.2, 0) is 13.1 Å². The van der Waals surface area contributed by atoms with Gasteiger partial charge >= 0.3 is 0 Å². The minimum Gasteiger partial charge on any atom is -0.354 e. The number of nitrogens with one attached hydrogen (secondary N) is 1. The van der Waals surface area contributed by atoms with Crippen LogP contribution in [0, 0.1) is 0 Å². The van der Waals surface area contributed by atoms with Crippen LogP contribution in [0.3, 0.4) is 0 Å². The van der Waals surface area contributed by atoms with E-state index in [0.29, 0.717) is 6.04 Å². The van der Waals surface area contributed by atoms with E-state index >= 15 is 0 Å². The van der Waals surface area contributed by atoms with Crippen LogP contribution >= 0.6 is 0 Å². The highest BCUT2D eigenvalue weighted by atomic mass is 14.9. The molecule has 1 atom stereocenters. The van der Waals surface area contributed by atoms with Crippen molar-refractivity contribution < 1.29 is 0 Å². The SMILES string of the molecule is CCn1ccc(CN[C@H](C)c2ccncc2)c1. The average Bonchev–Trinajstić information content (AvgIpc) is 2.85. The van der Waals surface area contributed by atoms with Gasteiger partial charge in [-0.3, -0.25) is 4.98 Å². The van der Waals surface area contributed by atoms with E-state index in [2.05, 4.69) is 59.3 Å². The van der Waals surface area contributed by atoms with Crippen molar-refractivity contribution in [2.75, 3.05) is 0 Å². The van der Waals surface area contributed by atoms with E-state index < -0.39 is 0 Å². The maximum Gasteiger partial charge on any atom is 0.0296 e.